The van der Waals surface area contributed by atoms with Gasteiger partial charge in [0.15, 0.2) is 0 Å². The first-order valence-electron chi connectivity index (χ1n) is 10.2. The van der Waals surface area contributed by atoms with Gasteiger partial charge in [-0.3, -0.25) is 9.59 Å². The maximum absolute atomic E-state index is 12.8. The molecule has 5 nitrogen and oxygen atoms in total. The molecular formula is C24H25N3O2S. The summed E-state index contributed by atoms with van der Waals surface area (Å²) in [6, 6.07) is 21.5. The maximum Gasteiger partial charge on any atom is 0.261 e. The van der Waals surface area contributed by atoms with E-state index >= 15 is 0 Å². The van der Waals surface area contributed by atoms with Crippen molar-refractivity contribution in [1.82, 2.24) is 10.6 Å². The number of rotatable bonds is 6. The molecular weight excluding hydrogens is 394 g/mol. The van der Waals surface area contributed by atoms with Gasteiger partial charge in [-0.05, 0) is 42.0 Å². The summed E-state index contributed by atoms with van der Waals surface area (Å²) in [5.74, 6) is -0.0632. The zero-order valence-corrected chi connectivity index (χ0v) is 17.5. The zero-order chi connectivity index (χ0) is 20.8. The normalized spacial score (nSPS) is 14.3. The summed E-state index contributed by atoms with van der Waals surface area (Å²) in [5.41, 5.74) is 2.71. The summed E-state index contributed by atoms with van der Waals surface area (Å²) in [5, 5.41) is 8.07. The van der Waals surface area contributed by atoms with Crippen LogP contribution in [0.2, 0.25) is 0 Å². The molecule has 3 aromatic rings. The SMILES string of the molecule is O=C(NC1CCN(c2ccccc2C(=O)NCc2ccccc2)CC1)c1cccs1. The molecule has 0 unspecified atom stereocenters. The summed E-state index contributed by atoms with van der Waals surface area (Å²) in [6.07, 6.45) is 1.72. The molecule has 0 radical (unpaired) electrons. The third-order valence-corrected chi connectivity index (χ3v) is 6.23. The Balaban J connectivity index is 1.36. The van der Waals surface area contributed by atoms with Crippen LogP contribution >= 0.6 is 11.3 Å². The van der Waals surface area contributed by atoms with Crippen LogP contribution in [-0.4, -0.2) is 30.9 Å². The molecule has 0 aliphatic carbocycles. The average Bonchev–Trinajstić information content (AvgIpc) is 3.34. The molecule has 30 heavy (non-hydrogen) atoms. The van der Waals surface area contributed by atoms with E-state index in [0.29, 0.717) is 12.1 Å². The molecule has 154 valence electrons. The topological polar surface area (TPSA) is 61.4 Å². The van der Waals surface area contributed by atoms with E-state index in [1.54, 1.807) is 0 Å². The molecule has 1 aliphatic rings. The van der Waals surface area contributed by atoms with Gasteiger partial charge in [0.2, 0.25) is 0 Å². The minimum absolute atomic E-state index is 0.00383. The molecule has 2 aromatic carbocycles. The number of hydrogen-bond donors (Lipinski definition) is 2. The predicted octanol–water partition coefficient (Wildman–Crippen LogP) is 4.08. The minimum Gasteiger partial charge on any atom is -0.371 e. The van der Waals surface area contributed by atoms with Crippen molar-refractivity contribution in [2.75, 3.05) is 18.0 Å². The molecule has 1 fully saturated rings. The van der Waals surface area contributed by atoms with Crippen molar-refractivity contribution < 1.29 is 9.59 Å². The van der Waals surface area contributed by atoms with Gasteiger partial charge in [0.1, 0.15) is 0 Å². The first-order chi connectivity index (χ1) is 14.7. The van der Waals surface area contributed by atoms with Crippen LogP contribution in [0.25, 0.3) is 0 Å². The van der Waals surface area contributed by atoms with E-state index in [1.807, 2.05) is 72.1 Å². The van der Waals surface area contributed by atoms with Crippen molar-refractivity contribution in [3.8, 4) is 0 Å². The van der Waals surface area contributed by atoms with Crippen LogP contribution in [0.1, 0.15) is 38.4 Å². The number of carbonyl (C=O) groups is 2. The lowest BCUT2D eigenvalue weighted by Crippen LogP contribution is -2.45. The molecule has 6 heteroatoms. The minimum atomic E-state index is -0.0671. The Labute approximate surface area is 180 Å². The molecule has 1 aliphatic heterocycles. The largest absolute Gasteiger partial charge is 0.371 e. The molecule has 0 atom stereocenters. The fraction of sp³-hybridized carbons (Fsp3) is 0.250. The van der Waals surface area contributed by atoms with E-state index in [4.69, 9.17) is 0 Å². The Morgan fingerprint density at radius 3 is 2.37 bits per heavy atom. The number of benzene rings is 2. The standard InChI is InChI=1S/C24H25N3O2S/c28-23(25-17-18-7-2-1-3-8-18)20-9-4-5-10-21(20)27-14-12-19(13-15-27)26-24(29)22-11-6-16-30-22/h1-11,16,19H,12-15,17H2,(H,25,28)(H,26,29). The van der Waals surface area contributed by atoms with Crippen LogP contribution in [-0.2, 0) is 6.54 Å². The number of nitrogens with zero attached hydrogens (tertiary/aromatic N) is 1. The summed E-state index contributed by atoms with van der Waals surface area (Å²) < 4.78 is 0. The first kappa shape index (κ1) is 20.2. The highest BCUT2D eigenvalue weighted by Gasteiger charge is 2.24. The Bertz CT molecular complexity index is 981. The van der Waals surface area contributed by atoms with Gasteiger partial charge < -0.3 is 15.5 Å². The van der Waals surface area contributed by atoms with Crippen LogP contribution in [0.15, 0.2) is 72.1 Å². The van der Waals surface area contributed by atoms with Crippen LogP contribution < -0.4 is 15.5 Å². The van der Waals surface area contributed by atoms with Gasteiger partial charge in [0, 0.05) is 31.4 Å². The highest BCUT2D eigenvalue weighted by molar-refractivity contribution is 7.12. The second-order valence-electron chi connectivity index (χ2n) is 7.40. The molecule has 0 bridgehead atoms. The lowest BCUT2D eigenvalue weighted by Gasteiger charge is -2.34. The van der Waals surface area contributed by atoms with Crippen molar-refractivity contribution in [1.29, 1.82) is 0 Å². The Kier molecular flexibility index (Phi) is 6.44. The monoisotopic (exact) mass is 419 g/mol. The van der Waals surface area contributed by atoms with Crippen LogP contribution in [0.4, 0.5) is 5.69 Å². The summed E-state index contributed by atoms with van der Waals surface area (Å²) in [6.45, 7) is 2.11. The molecule has 1 aromatic heterocycles. The highest BCUT2D eigenvalue weighted by Crippen LogP contribution is 2.24. The van der Waals surface area contributed by atoms with E-state index < -0.39 is 0 Å². The number of piperidine rings is 1. The van der Waals surface area contributed by atoms with Crippen LogP contribution in [0, 0.1) is 0 Å². The van der Waals surface area contributed by atoms with Crippen molar-refractivity contribution in [2.45, 2.75) is 25.4 Å². The quantitative estimate of drug-likeness (QED) is 0.633. The van der Waals surface area contributed by atoms with Gasteiger partial charge in [-0.15, -0.1) is 11.3 Å². The Morgan fingerprint density at radius 2 is 1.63 bits per heavy atom. The lowest BCUT2D eigenvalue weighted by molar-refractivity contribution is 0.0933. The first-order valence-corrected chi connectivity index (χ1v) is 11.1. The van der Waals surface area contributed by atoms with Gasteiger partial charge in [0.25, 0.3) is 11.8 Å². The molecule has 2 N–H and O–H groups in total. The Morgan fingerprint density at radius 1 is 0.900 bits per heavy atom. The van der Waals surface area contributed by atoms with E-state index in [1.165, 1.54) is 11.3 Å². The van der Waals surface area contributed by atoms with Gasteiger partial charge in [-0.25, -0.2) is 0 Å². The van der Waals surface area contributed by atoms with E-state index in [2.05, 4.69) is 15.5 Å². The van der Waals surface area contributed by atoms with Crippen LogP contribution in [0.3, 0.4) is 0 Å². The summed E-state index contributed by atoms with van der Waals surface area (Å²) in [7, 11) is 0. The number of thiophene rings is 1. The summed E-state index contributed by atoms with van der Waals surface area (Å²) in [4.78, 5) is 28.1. The van der Waals surface area contributed by atoms with Crippen molar-refractivity contribution >= 4 is 28.8 Å². The second kappa shape index (κ2) is 9.59. The Hall–Kier alpha value is -3.12. The molecule has 1 saturated heterocycles. The number of hydrogen-bond acceptors (Lipinski definition) is 4. The molecule has 0 saturated carbocycles. The second-order valence-corrected chi connectivity index (χ2v) is 8.35. The zero-order valence-electron chi connectivity index (χ0n) is 16.7. The molecule has 2 heterocycles. The van der Waals surface area contributed by atoms with Gasteiger partial charge in [-0.2, -0.15) is 0 Å². The molecule has 4 rings (SSSR count). The third kappa shape index (κ3) is 4.89. The lowest BCUT2D eigenvalue weighted by atomic mass is 10.0. The van der Waals surface area contributed by atoms with Gasteiger partial charge in [-0.1, -0.05) is 48.5 Å². The fourth-order valence-corrected chi connectivity index (χ4v) is 4.37. The number of carbonyl (C=O) groups excluding carboxylic acids is 2. The highest BCUT2D eigenvalue weighted by atomic mass is 32.1. The fourth-order valence-electron chi connectivity index (χ4n) is 3.74. The van der Waals surface area contributed by atoms with E-state index in [-0.39, 0.29) is 17.9 Å². The van der Waals surface area contributed by atoms with Crippen LogP contribution in [0.5, 0.6) is 0 Å². The average molecular weight is 420 g/mol. The van der Waals surface area contributed by atoms with Crippen molar-refractivity contribution in [3.63, 3.8) is 0 Å². The van der Waals surface area contributed by atoms with Crippen molar-refractivity contribution in [2.24, 2.45) is 0 Å². The summed E-state index contributed by atoms with van der Waals surface area (Å²) >= 11 is 1.46. The smallest absolute Gasteiger partial charge is 0.261 e. The number of amides is 2. The van der Waals surface area contributed by atoms with Gasteiger partial charge in [0.05, 0.1) is 10.4 Å². The van der Waals surface area contributed by atoms with E-state index in [0.717, 1.165) is 42.1 Å². The number of anilines is 1. The van der Waals surface area contributed by atoms with Crippen molar-refractivity contribution in [3.05, 3.63) is 88.1 Å². The molecule has 0 spiro atoms. The predicted molar refractivity (Wildman–Crippen MR) is 121 cm³/mol. The van der Waals surface area contributed by atoms with E-state index in [9.17, 15) is 9.59 Å². The maximum atomic E-state index is 12.8. The molecule has 2 amide bonds. The number of nitrogens with one attached hydrogen (secondary N) is 2. The third-order valence-electron chi connectivity index (χ3n) is 5.36. The number of para-hydroxylation sites is 1. The van der Waals surface area contributed by atoms with Gasteiger partial charge >= 0.3 is 0 Å².